The number of hydrogen-bond acceptors (Lipinski definition) is 7. The van der Waals surface area contributed by atoms with Crippen LogP contribution >= 0.6 is 47.4 Å². The molecule has 20 nitrogen and oxygen atoms in total. The third kappa shape index (κ3) is 153. The summed E-state index contributed by atoms with van der Waals surface area (Å²) in [5.41, 5.74) is 0. The van der Waals surface area contributed by atoms with Gasteiger partial charge < -0.3 is 35.7 Å². The molecular formula is C40H99BrF6N2O18P6. The Hall–Kier alpha value is 0.880. The van der Waals surface area contributed by atoms with Crippen LogP contribution in [-0.2, 0) is 27.4 Å². The van der Waals surface area contributed by atoms with Crippen LogP contribution in [0.2, 0.25) is 0 Å². The van der Waals surface area contributed by atoms with Gasteiger partial charge in [0.2, 0.25) is 0 Å². The summed E-state index contributed by atoms with van der Waals surface area (Å²) in [5.74, 6) is 0. The second-order valence-electron chi connectivity index (χ2n) is 16.9. The van der Waals surface area contributed by atoms with Gasteiger partial charge in [-0.05, 0) is 77.0 Å². The minimum Gasteiger partial charge on any atom is -1.00 e. The lowest BCUT2D eigenvalue weighted by Crippen LogP contribution is -3.00. The summed E-state index contributed by atoms with van der Waals surface area (Å²) in [6.07, 6.45) is 33.9. The molecule has 0 aromatic heterocycles. The molecule has 0 saturated carbocycles. The minimum absolute atomic E-state index is 0. The minimum atomic E-state index is -5.39. The number of rotatable bonds is 32. The van der Waals surface area contributed by atoms with Gasteiger partial charge in [-0.25, -0.2) is 22.8 Å². The van der Waals surface area contributed by atoms with Crippen molar-refractivity contribution in [2.45, 2.75) is 209 Å². The van der Waals surface area contributed by atoms with Gasteiger partial charge in [0.15, 0.2) is 0 Å². The summed E-state index contributed by atoms with van der Waals surface area (Å²) < 4.78 is 117. The molecule has 73 heavy (non-hydrogen) atoms. The predicted molar refractivity (Wildman–Crippen MR) is 272 cm³/mol. The summed E-state index contributed by atoms with van der Waals surface area (Å²) in [6.45, 7) is 30.2. The first-order valence-corrected chi connectivity index (χ1v) is 33.7. The van der Waals surface area contributed by atoms with E-state index < -0.39 is 47.4 Å². The number of nitrogens with zero attached hydrogens (tertiary/aromatic N) is 2. The van der Waals surface area contributed by atoms with Gasteiger partial charge >= 0.3 is 47.4 Å². The second-order valence-corrected chi connectivity index (χ2v) is 22.6. The van der Waals surface area contributed by atoms with E-state index in [4.69, 9.17) is 86.1 Å². The number of unbranched alkanes of at least 4 members (excludes halogenated alkanes) is 16. The molecule has 0 radical (unpaired) electrons. The Balaban J connectivity index is -0.000000104. The lowest BCUT2D eigenvalue weighted by Gasteiger charge is -2.39. The van der Waals surface area contributed by atoms with E-state index in [0.717, 1.165) is 0 Å². The first-order valence-electron chi connectivity index (χ1n) is 24.7. The standard InChI is InChI=1S/C24H52N.C16H36N.BrH.6FH2O3P/c1-5-9-13-17-21-25(22-18-14-10-6-2,23-19-15-11-7-3)24-20-16-12-8-4;1-5-9-13-17(14-10-6-2,15-11-7-3)16-12-8-4;;6*1-5(2,3)4/h5-24H2,1-4H3;5-16H2,1-4H3;1H;6*(H2,2,3,4)/q2*+1;;;;;;;/p-2. The molecule has 1 unspecified atom stereocenters. The van der Waals surface area contributed by atoms with Crippen molar-refractivity contribution in [3.8, 4) is 0 Å². The normalized spacial score (nSPS) is 12.4. The van der Waals surface area contributed by atoms with Gasteiger partial charge in [-0.3, -0.25) is 53.5 Å². The molecule has 0 fully saturated rings. The van der Waals surface area contributed by atoms with Crippen molar-refractivity contribution < 1.29 is 137 Å². The summed E-state index contributed by atoms with van der Waals surface area (Å²) in [4.78, 5) is 85.1. The zero-order valence-corrected chi connectivity index (χ0v) is 51.6. The van der Waals surface area contributed by atoms with Crippen LogP contribution < -0.4 is 21.9 Å². The molecular weight excluding hydrogens is 1180 g/mol. The van der Waals surface area contributed by atoms with Gasteiger partial charge in [0.25, 0.3) is 0 Å². The second kappa shape index (κ2) is 57.6. The smallest absolute Gasteiger partial charge is 0.507 e. The van der Waals surface area contributed by atoms with Gasteiger partial charge in [-0.15, -0.1) is 21.0 Å². The first-order chi connectivity index (χ1) is 32.5. The molecule has 11 N–H and O–H groups in total. The van der Waals surface area contributed by atoms with Gasteiger partial charge in [0.05, 0.1) is 52.4 Å². The molecule has 0 aliphatic heterocycles. The Morgan fingerprint density at radius 3 is 0.466 bits per heavy atom. The van der Waals surface area contributed by atoms with E-state index in [1.54, 1.807) is 0 Å². The van der Waals surface area contributed by atoms with Gasteiger partial charge in [0.1, 0.15) is 0 Å². The molecule has 0 aromatic rings. The maximum atomic E-state index is 10.4. The van der Waals surface area contributed by atoms with E-state index >= 15 is 0 Å². The Bertz CT molecular complexity index is 1150. The van der Waals surface area contributed by atoms with Crippen molar-refractivity contribution in [2.24, 2.45) is 0 Å². The van der Waals surface area contributed by atoms with Crippen LogP contribution in [0, 0.1) is 0 Å². The van der Waals surface area contributed by atoms with Crippen LogP contribution in [0.15, 0.2) is 0 Å². The summed E-state index contributed by atoms with van der Waals surface area (Å²) in [6, 6.07) is 0. The van der Waals surface area contributed by atoms with E-state index in [1.807, 2.05) is 0 Å². The molecule has 0 amide bonds. The van der Waals surface area contributed by atoms with E-state index in [0.29, 0.717) is 0 Å². The van der Waals surface area contributed by atoms with Crippen LogP contribution in [-0.4, -0.2) is 115 Å². The molecule has 0 bridgehead atoms. The highest BCUT2D eigenvalue weighted by Crippen LogP contribution is 2.37. The van der Waals surface area contributed by atoms with Crippen molar-refractivity contribution in [1.82, 2.24) is 0 Å². The van der Waals surface area contributed by atoms with Crippen LogP contribution in [0.25, 0.3) is 0 Å². The monoisotopic (exact) mass is 1270 g/mol. The quantitative estimate of drug-likeness (QED) is 0.0129. The molecule has 0 aromatic carbocycles. The fourth-order valence-electron chi connectivity index (χ4n) is 6.81. The SMILES string of the molecule is CCCCCC[N+](CCCCCC)(CCCCCC)CCCCCC.CCCC[N+](CCCC)(CCCC)CCCC.O=P(O)(O)F.O=P(O)(O)F.O=P(O)(O)F.O=P(O)(O)F.O=P(O)(O)F.O=P([O-])(O)F.[Br-]. The molecule has 0 saturated heterocycles. The molecule has 0 aliphatic rings. The topological polar surface area (TPSA) is 348 Å². The average molecular weight is 1280 g/mol. The van der Waals surface area contributed by atoms with Crippen LogP contribution in [0.3, 0.4) is 0 Å². The molecule has 33 heteroatoms. The van der Waals surface area contributed by atoms with Crippen molar-refractivity contribution in [3.63, 3.8) is 0 Å². The fraction of sp³-hybridized carbons (Fsp3) is 1.00. The Morgan fingerprint density at radius 2 is 0.370 bits per heavy atom. The fourth-order valence-corrected chi connectivity index (χ4v) is 6.81. The van der Waals surface area contributed by atoms with Gasteiger partial charge in [-0.2, -0.15) is 4.20 Å². The van der Waals surface area contributed by atoms with Crippen LogP contribution in [0.5, 0.6) is 0 Å². The van der Waals surface area contributed by atoms with E-state index in [2.05, 4.69) is 55.4 Å². The van der Waals surface area contributed by atoms with Crippen LogP contribution in [0.4, 0.5) is 25.2 Å². The Morgan fingerprint density at radius 1 is 0.274 bits per heavy atom. The molecule has 0 heterocycles. The van der Waals surface area contributed by atoms with Crippen molar-refractivity contribution in [2.75, 3.05) is 52.4 Å². The number of halogens is 7. The highest BCUT2D eigenvalue weighted by atomic mass is 79.9. The van der Waals surface area contributed by atoms with E-state index in [-0.39, 0.29) is 17.0 Å². The zero-order chi connectivity index (χ0) is 58.6. The summed E-state index contributed by atoms with van der Waals surface area (Å²) in [7, 11) is -31.1. The lowest BCUT2D eigenvalue weighted by molar-refractivity contribution is -0.929. The zero-order valence-electron chi connectivity index (χ0n) is 44.6. The van der Waals surface area contributed by atoms with Crippen LogP contribution in [0.1, 0.15) is 209 Å². The molecule has 0 rings (SSSR count). The van der Waals surface area contributed by atoms with Gasteiger partial charge in [0, 0.05) is 0 Å². The van der Waals surface area contributed by atoms with E-state index in [1.165, 1.54) is 215 Å². The van der Waals surface area contributed by atoms with Crippen molar-refractivity contribution in [1.29, 1.82) is 0 Å². The third-order valence-corrected chi connectivity index (χ3v) is 9.89. The Kier molecular flexibility index (Phi) is 73.5. The molecule has 0 aliphatic carbocycles. The number of hydrogen-bond donors (Lipinski definition) is 11. The number of quaternary nitrogens is 2. The molecule has 0 spiro atoms. The largest absolute Gasteiger partial charge is 1.00 e. The van der Waals surface area contributed by atoms with Crippen molar-refractivity contribution in [3.05, 3.63) is 0 Å². The highest BCUT2D eigenvalue weighted by Gasteiger charge is 2.26. The van der Waals surface area contributed by atoms with E-state index in [9.17, 15) is 25.2 Å². The lowest BCUT2D eigenvalue weighted by atomic mass is 10.1. The van der Waals surface area contributed by atoms with Crippen molar-refractivity contribution >= 4 is 47.4 Å². The maximum Gasteiger partial charge on any atom is 0.507 e. The molecule has 1 atom stereocenters. The van der Waals surface area contributed by atoms with Gasteiger partial charge in [-0.1, -0.05) is 132 Å². The predicted octanol–water partition coefficient (Wildman–Crippen LogP) is 9.79. The highest BCUT2D eigenvalue weighted by molar-refractivity contribution is 7.46. The Labute approximate surface area is 445 Å². The third-order valence-electron chi connectivity index (χ3n) is 9.89. The molecule has 456 valence electrons. The first kappa shape index (κ1) is 93.2. The summed E-state index contributed by atoms with van der Waals surface area (Å²) in [5, 5.41) is 0. The summed E-state index contributed by atoms with van der Waals surface area (Å²) >= 11 is 0. The average Bonchev–Trinajstić information content (AvgIpc) is 3.17. The maximum absolute atomic E-state index is 10.4.